The van der Waals surface area contributed by atoms with Crippen molar-refractivity contribution in [3.8, 4) is 11.1 Å². The molecule has 0 unspecified atom stereocenters. The molecule has 0 saturated carbocycles. The van der Waals surface area contributed by atoms with E-state index in [-0.39, 0.29) is 0 Å². The summed E-state index contributed by atoms with van der Waals surface area (Å²) in [5.41, 5.74) is 3.90. The van der Waals surface area contributed by atoms with E-state index in [2.05, 4.69) is 48.5 Å². The number of halogens is 1. The number of aryl methyl sites for hydroxylation is 1. The van der Waals surface area contributed by atoms with Crippen LogP contribution in [0.2, 0.25) is 0 Å². The lowest BCUT2D eigenvalue weighted by Gasteiger charge is -2.03. The normalized spacial score (nSPS) is 10.3. The van der Waals surface area contributed by atoms with E-state index in [0.717, 1.165) is 18.7 Å². The van der Waals surface area contributed by atoms with Gasteiger partial charge in [-0.25, -0.2) is 0 Å². The van der Waals surface area contributed by atoms with Gasteiger partial charge in [-0.15, -0.1) is 11.6 Å². The Balaban J connectivity index is 2.13. The van der Waals surface area contributed by atoms with E-state index in [1.807, 2.05) is 6.07 Å². The van der Waals surface area contributed by atoms with E-state index in [1.54, 1.807) is 0 Å². The third-order valence-electron chi connectivity index (χ3n) is 2.66. The highest BCUT2D eigenvalue weighted by Crippen LogP contribution is 2.19. The SMILES string of the molecule is ClCCCc1ccc(-c2ccccc2)cc1. The van der Waals surface area contributed by atoms with Crippen molar-refractivity contribution >= 4 is 11.6 Å². The predicted octanol–water partition coefficient (Wildman–Crippen LogP) is 4.53. The van der Waals surface area contributed by atoms with Crippen molar-refractivity contribution < 1.29 is 0 Å². The van der Waals surface area contributed by atoms with Gasteiger partial charge in [-0.3, -0.25) is 0 Å². The Hall–Kier alpha value is -1.27. The highest BCUT2D eigenvalue weighted by molar-refractivity contribution is 6.17. The number of benzene rings is 2. The molecule has 0 N–H and O–H groups in total. The zero-order valence-corrected chi connectivity index (χ0v) is 9.95. The molecule has 0 aliphatic carbocycles. The van der Waals surface area contributed by atoms with Gasteiger partial charge >= 0.3 is 0 Å². The number of hydrogen-bond donors (Lipinski definition) is 0. The van der Waals surface area contributed by atoms with Gasteiger partial charge in [0.15, 0.2) is 0 Å². The van der Waals surface area contributed by atoms with Gasteiger partial charge in [-0.2, -0.15) is 0 Å². The Bertz CT molecular complexity index is 417. The van der Waals surface area contributed by atoms with Crippen LogP contribution >= 0.6 is 11.6 Å². The van der Waals surface area contributed by atoms with Crippen LogP contribution in [0.1, 0.15) is 12.0 Å². The molecule has 1 heteroatoms. The lowest BCUT2D eigenvalue weighted by atomic mass is 10.0. The predicted molar refractivity (Wildman–Crippen MR) is 70.9 cm³/mol. The van der Waals surface area contributed by atoms with E-state index >= 15 is 0 Å². The standard InChI is InChI=1S/C15H15Cl/c16-12-4-5-13-8-10-15(11-9-13)14-6-2-1-3-7-14/h1-3,6-11H,4-5,12H2. The first-order valence-electron chi connectivity index (χ1n) is 5.60. The largest absolute Gasteiger partial charge is 0.127 e. The van der Waals surface area contributed by atoms with Gasteiger partial charge in [0.05, 0.1) is 0 Å². The number of rotatable bonds is 4. The van der Waals surface area contributed by atoms with E-state index in [0.29, 0.717) is 0 Å². The molecule has 82 valence electrons. The van der Waals surface area contributed by atoms with Gasteiger partial charge in [-0.1, -0.05) is 54.6 Å². The number of hydrogen-bond acceptors (Lipinski definition) is 0. The van der Waals surface area contributed by atoms with E-state index in [4.69, 9.17) is 11.6 Å². The lowest BCUT2D eigenvalue weighted by Crippen LogP contribution is -1.86. The topological polar surface area (TPSA) is 0 Å². The lowest BCUT2D eigenvalue weighted by molar-refractivity contribution is 0.929. The van der Waals surface area contributed by atoms with Crippen LogP contribution in [-0.4, -0.2) is 5.88 Å². The molecule has 0 saturated heterocycles. The summed E-state index contributed by atoms with van der Waals surface area (Å²) in [6.45, 7) is 0. The molecule has 0 spiro atoms. The van der Waals surface area contributed by atoms with Gasteiger partial charge in [0.1, 0.15) is 0 Å². The van der Waals surface area contributed by atoms with E-state index in [1.165, 1.54) is 16.7 Å². The third kappa shape index (κ3) is 2.86. The minimum Gasteiger partial charge on any atom is -0.127 e. The first-order valence-corrected chi connectivity index (χ1v) is 6.14. The first-order chi connectivity index (χ1) is 7.90. The highest BCUT2D eigenvalue weighted by atomic mass is 35.5. The minimum atomic E-state index is 0.737. The van der Waals surface area contributed by atoms with Crippen molar-refractivity contribution in [1.29, 1.82) is 0 Å². The first kappa shape index (κ1) is 11.2. The molecule has 0 aromatic heterocycles. The summed E-state index contributed by atoms with van der Waals surface area (Å²) in [5.74, 6) is 0.737. The second kappa shape index (κ2) is 5.72. The summed E-state index contributed by atoms with van der Waals surface area (Å²) in [4.78, 5) is 0. The van der Waals surface area contributed by atoms with Crippen LogP contribution in [0.5, 0.6) is 0 Å². The van der Waals surface area contributed by atoms with Crippen molar-refractivity contribution in [2.45, 2.75) is 12.8 Å². The summed E-state index contributed by atoms with van der Waals surface area (Å²) in [5, 5.41) is 0. The zero-order valence-electron chi connectivity index (χ0n) is 9.20. The average molecular weight is 231 g/mol. The van der Waals surface area contributed by atoms with Crippen LogP contribution in [0.4, 0.5) is 0 Å². The molecule has 16 heavy (non-hydrogen) atoms. The summed E-state index contributed by atoms with van der Waals surface area (Å²) in [6.07, 6.45) is 2.12. The third-order valence-corrected chi connectivity index (χ3v) is 2.93. The molecule has 0 fully saturated rings. The van der Waals surface area contributed by atoms with Crippen LogP contribution in [0.15, 0.2) is 54.6 Å². The van der Waals surface area contributed by atoms with Crippen molar-refractivity contribution in [2.75, 3.05) is 5.88 Å². The molecule has 0 atom stereocenters. The maximum absolute atomic E-state index is 5.68. The fourth-order valence-electron chi connectivity index (χ4n) is 1.77. The molecular formula is C15H15Cl. The van der Waals surface area contributed by atoms with E-state index < -0.39 is 0 Å². The second-order valence-corrected chi connectivity index (χ2v) is 4.23. The van der Waals surface area contributed by atoms with Crippen molar-refractivity contribution in [1.82, 2.24) is 0 Å². The van der Waals surface area contributed by atoms with Crippen LogP contribution in [0.3, 0.4) is 0 Å². The summed E-state index contributed by atoms with van der Waals surface area (Å²) in [7, 11) is 0. The molecule has 0 nitrogen and oxygen atoms in total. The van der Waals surface area contributed by atoms with Crippen LogP contribution < -0.4 is 0 Å². The maximum Gasteiger partial charge on any atom is 0.0226 e. The van der Waals surface area contributed by atoms with E-state index in [9.17, 15) is 0 Å². The Morgan fingerprint density at radius 3 is 2.00 bits per heavy atom. The fraction of sp³-hybridized carbons (Fsp3) is 0.200. The van der Waals surface area contributed by atoms with Crippen molar-refractivity contribution in [3.05, 3.63) is 60.2 Å². The smallest absolute Gasteiger partial charge is 0.0226 e. The molecule has 0 amide bonds. The molecular weight excluding hydrogens is 216 g/mol. The second-order valence-electron chi connectivity index (χ2n) is 3.86. The van der Waals surface area contributed by atoms with Crippen LogP contribution in [-0.2, 0) is 6.42 Å². The van der Waals surface area contributed by atoms with Gasteiger partial charge in [-0.05, 0) is 29.5 Å². The van der Waals surface area contributed by atoms with Gasteiger partial charge in [0.25, 0.3) is 0 Å². The van der Waals surface area contributed by atoms with Crippen molar-refractivity contribution in [2.24, 2.45) is 0 Å². The van der Waals surface area contributed by atoms with Gasteiger partial charge in [0.2, 0.25) is 0 Å². The summed E-state index contributed by atoms with van der Waals surface area (Å²) in [6, 6.07) is 19.2. The highest BCUT2D eigenvalue weighted by Gasteiger charge is 1.97. The summed E-state index contributed by atoms with van der Waals surface area (Å²) < 4.78 is 0. The Morgan fingerprint density at radius 1 is 0.750 bits per heavy atom. The quantitative estimate of drug-likeness (QED) is 0.678. The molecule has 0 heterocycles. The Kier molecular flexibility index (Phi) is 4.01. The Morgan fingerprint density at radius 2 is 1.38 bits per heavy atom. The minimum absolute atomic E-state index is 0.737. The maximum atomic E-state index is 5.68. The average Bonchev–Trinajstić information content (AvgIpc) is 2.38. The fourth-order valence-corrected chi connectivity index (χ4v) is 1.90. The van der Waals surface area contributed by atoms with Crippen LogP contribution in [0.25, 0.3) is 11.1 Å². The van der Waals surface area contributed by atoms with Gasteiger partial charge < -0.3 is 0 Å². The van der Waals surface area contributed by atoms with Crippen molar-refractivity contribution in [3.63, 3.8) is 0 Å². The van der Waals surface area contributed by atoms with Gasteiger partial charge in [0, 0.05) is 5.88 Å². The molecule has 2 rings (SSSR count). The molecule has 2 aromatic rings. The van der Waals surface area contributed by atoms with Crippen LogP contribution in [0, 0.1) is 0 Å². The summed E-state index contributed by atoms with van der Waals surface area (Å²) >= 11 is 5.68. The molecule has 2 aromatic carbocycles. The molecule has 0 aliphatic rings. The molecule has 0 radical (unpaired) electrons. The number of alkyl halides is 1. The Labute approximate surface area is 102 Å². The molecule has 0 bridgehead atoms. The monoisotopic (exact) mass is 230 g/mol. The molecule has 0 aliphatic heterocycles. The zero-order chi connectivity index (χ0) is 11.2.